The van der Waals surface area contributed by atoms with Crippen LogP contribution in [0.3, 0.4) is 0 Å². The third kappa shape index (κ3) is 4.52. The lowest BCUT2D eigenvalue weighted by atomic mass is 9.61. The fraction of sp³-hybridized carbons (Fsp3) is 0.652. The topological polar surface area (TPSA) is 46.2 Å². The highest BCUT2D eigenvalue weighted by molar-refractivity contribution is 6.30. The number of hydrogen-bond acceptors (Lipinski definition) is 2. The van der Waals surface area contributed by atoms with Crippen molar-refractivity contribution >= 4 is 17.7 Å². The maximum absolute atomic E-state index is 12.0. The summed E-state index contributed by atoms with van der Waals surface area (Å²) in [5.74, 6) is 0.717. The molecule has 0 heterocycles. The summed E-state index contributed by atoms with van der Waals surface area (Å²) in [7, 11) is 0. The molecule has 0 radical (unpaired) electrons. The Morgan fingerprint density at radius 2 is 1.77 bits per heavy atom. The molecule has 3 N–H and O–H groups in total. The largest absolute Gasteiger partial charge is 0.385 e. The van der Waals surface area contributed by atoms with Crippen LogP contribution in [0.25, 0.3) is 6.08 Å². The summed E-state index contributed by atoms with van der Waals surface area (Å²) in [5.41, 5.74) is 7.66. The molecule has 1 aromatic carbocycles. The van der Waals surface area contributed by atoms with E-state index in [0.29, 0.717) is 5.92 Å². The van der Waals surface area contributed by atoms with Crippen LogP contribution in [0.15, 0.2) is 29.8 Å². The standard InChI is InChI=1S/C23H34ClNO/c1-22(2,25)21-10-6-9-19(15-17-11-13-20(24)14-12-17)23(21,26)16-18-7-4-3-5-8-18/h11-15,18,21,26H,3-10,16,25H2,1-2H3. The first kappa shape index (κ1) is 19.9. The predicted molar refractivity (Wildman–Crippen MR) is 111 cm³/mol. The van der Waals surface area contributed by atoms with Gasteiger partial charge in [-0.15, -0.1) is 0 Å². The molecule has 26 heavy (non-hydrogen) atoms. The van der Waals surface area contributed by atoms with Gasteiger partial charge in [0.1, 0.15) is 0 Å². The van der Waals surface area contributed by atoms with Gasteiger partial charge in [0.05, 0.1) is 5.60 Å². The maximum Gasteiger partial charge on any atom is 0.0907 e. The van der Waals surface area contributed by atoms with Gasteiger partial charge in [0.25, 0.3) is 0 Å². The van der Waals surface area contributed by atoms with Crippen molar-refractivity contribution in [3.63, 3.8) is 0 Å². The minimum absolute atomic E-state index is 0.101. The SMILES string of the molecule is CC(C)(N)C1CCCC(=Cc2ccc(Cl)cc2)C1(O)CC1CCCCC1. The van der Waals surface area contributed by atoms with E-state index in [1.54, 1.807) is 0 Å². The minimum Gasteiger partial charge on any atom is -0.385 e. The molecule has 2 atom stereocenters. The molecule has 0 aromatic heterocycles. The van der Waals surface area contributed by atoms with Gasteiger partial charge in [0.15, 0.2) is 0 Å². The molecule has 1 aromatic rings. The molecule has 3 heteroatoms. The minimum atomic E-state index is -0.794. The molecule has 2 aliphatic carbocycles. The molecule has 0 bridgehead atoms. The van der Waals surface area contributed by atoms with E-state index in [2.05, 4.69) is 19.9 Å². The molecule has 0 saturated heterocycles. The van der Waals surface area contributed by atoms with E-state index in [0.717, 1.165) is 36.3 Å². The van der Waals surface area contributed by atoms with Crippen LogP contribution >= 0.6 is 11.6 Å². The van der Waals surface area contributed by atoms with Crippen LogP contribution < -0.4 is 5.73 Å². The maximum atomic E-state index is 12.0. The summed E-state index contributed by atoms with van der Waals surface area (Å²) in [5, 5.41) is 12.8. The number of halogens is 1. The van der Waals surface area contributed by atoms with E-state index in [9.17, 15) is 5.11 Å². The van der Waals surface area contributed by atoms with Crippen molar-refractivity contribution in [1.82, 2.24) is 0 Å². The smallest absolute Gasteiger partial charge is 0.0907 e. The Kier molecular flexibility index (Phi) is 6.16. The van der Waals surface area contributed by atoms with E-state index in [1.807, 2.05) is 24.3 Å². The average molecular weight is 376 g/mol. The van der Waals surface area contributed by atoms with Crippen LogP contribution in [0.4, 0.5) is 0 Å². The van der Waals surface area contributed by atoms with Crippen molar-refractivity contribution in [2.75, 3.05) is 0 Å². The highest BCUT2D eigenvalue weighted by Crippen LogP contribution is 2.48. The molecule has 3 rings (SSSR count). The Labute approximate surface area is 163 Å². The van der Waals surface area contributed by atoms with Crippen molar-refractivity contribution in [3.8, 4) is 0 Å². The first-order valence-electron chi connectivity index (χ1n) is 10.3. The second kappa shape index (κ2) is 8.04. The number of aliphatic hydroxyl groups is 1. The second-order valence-electron chi connectivity index (χ2n) is 9.12. The van der Waals surface area contributed by atoms with Crippen molar-refractivity contribution in [3.05, 3.63) is 40.4 Å². The molecule has 0 aliphatic heterocycles. The van der Waals surface area contributed by atoms with Crippen molar-refractivity contribution < 1.29 is 5.11 Å². The van der Waals surface area contributed by atoms with Gasteiger partial charge >= 0.3 is 0 Å². The van der Waals surface area contributed by atoms with Gasteiger partial charge in [0, 0.05) is 16.5 Å². The van der Waals surface area contributed by atoms with Crippen molar-refractivity contribution in [2.24, 2.45) is 17.6 Å². The zero-order valence-electron chi connectivity index (χ0n) is 16.3. The van der Waals surface area contributed by atoms with Gasteiger partial charge in [0.2, 0.25) is 0 Å². The molecule has 144 valence electrons. The third-order valence-electron chi connectivity index (χ3n) is 6.51. The van der Waals surface area contributed by atoms with Crippen molar-refractivity contribution in [2.45, 2.75) is 82.8 Å². The summed E-state index contributed by atoms with van der Waals surface area (Å²) in [6, 6.07) is 7.91. The zero-order valence-corrected chi connectivity index (χ0v) is 17.1. The number of rotatable bonds is 4. The van der Waals surface area contributed by atoms with Crippen LogP contribution in [0.1, 0.15) is 77.2 Å². The summed E-state index contributed by atoms with van der Waals surface area (Å²) >= 11 is 6.04. The predicted octanol–water partition coefficient (Wildman–Crippen LogP) is 5.96. The highest BCUT2D eigenvalue weighted by atomic mass is 35.5. The molecular weight excluding hydrogens is 342 g/mol. The molecule has 2 aliphatic rings. The Morgan fingerprint density at radius 1 is 1.12 bits per heavy atom. The highest BCUT2D eigenvalue weighted by Gasteiger charge is 2.48. The molecule has 0 amide bonds. The first-order chi connectivity index (χ1) is 12.3. The van der Waals surface area contributed by atoms with E-state index >= 15 is 0 Å². The summed E-state index contributed by atoms with van der Waals surface area (Å²) < 4.78 is 0. The lowest BCUT2D eigenvalue weighted by Gasteiger charge is -2.50. The fourth-order valence-electron chi connectivity index (χ4n) is 5.23. The molecular formula is C23H34ClNO. The van der Waals surface area contributed by atoms with E-state index in [4.69, 9.17) is 17.3 Å². The van der Waals surface area contributed by atoms with Gasteiger partial charge < -0.3 is 10.8 Å². The normalized spacial score (nSPS) is 29.9. The van der Waals surface area contributed by atoms with Crippen molar-refractivity contribution in [1.29, 1.82) is 0 Å². The van der Waals surface area contributed by atoms with Crippen LogP contribution in [0, 0.1) is 11.8 Å². The summed E-state index contributed by atoms with van der Waals surface area (Å²) in [6.07, 6.45) is 12.5. The van der Waals surface area contributed by atoms with E-state index in [1.165, 1.54) is 37.7 Å². The monoisotopic (exact) mass is 375 g/mol. The number of hydrogen-bond donors (Lipinski definition) is 2. The Balaban J connectivity index is 1.94. The molecule has 0 spiro atoms. The quantitative estimate of drug-likeness (QED) is 0.681. The van der Waals surface area contributed by atoms with Gasteiger partial charge in [-0.25, -0.2) is 0 Å². The van der Waals surface area contributed by atoms with Gasteiger partial charge in [-0.1, -0.05) is 61.9 Å². The van der Waals surface area contributed by atoms with Crippen LogP contribution in [-0.4, -0.2) is 16.2 Å². The molecule has 2 unspecified atom stereocenters. The average Bonchev–Trinajstić information content (AvgIpc) is 2.58. The Bertz CT molecular complexity index is 625. The van der Waals surface area contributed by atoms with Crippen LogP contribution in [0.5, 0.6) is 0 Å². The fourth-order valence-corrected chi connectivity index (χ4v) is 5.35. The summed E-state index contributed by atoms with van der Waals surface area (Å²) in [4.78, 5) is 0. The number of benzene rings is 1. The first-order valence-corrected chi connectivity index (χ1v) is 10.6. The van der Waals surface area contributed by atoms with E-state index in [-0.39, 0.29) is 11.5 Å². The van der Waals surface area contributed by atoms with Crippen LogP contribution in [0.2, 0.25) is 5.02 Å². The van der Waals surface area contributed by atoms with Gasteiger partial charge in [-0.2, -0.15) is 0 Å². The molecule has 2 fully saturated rings. The Morgan fingerprint density at radius 3 is 2.38 bits per heavy atom. The lowest BCUT2D eigenvalue weighted by molar-refractivity contribution is -0.0512. The van der Waals surface area contributed by atoms with Crippen LogP contribution in [-0.2, 0) is 0 Å². The molecule has 2 saturated carbocycles. The van der Waals surface area contributed by atoms with Gasteiger partial charge in [-0.3, -0.25) is 0 Å². The zero-order chi connectivity index (χ0) is 18.8. The molecule has 2 nitrogen and oxygen atoms in total. The third-order valence-corrected chi connectivity index (χ3v) is 6.76. The second-order valence-corrected chi connectivity index (χ2v) is 9.56. The lowest BCUT2D eigenvalue weighted by Crippen LogP contribution is -2.57. The number of nitrogens with two attached hydrogens (primary N) is 1. The van der Waals surface area contributed by atoms with Gasteiger partial charge in [-0.05, 0) is 68.7 Å². The summed E-state index contributed by atoms with van der Waals surface area (Å²) in [6.45, 7) is 4.16. The Hall–Kier alpha value is -0.830. The van der Waals surface area contributed by atoms with E-state index < -0.39 is 5.60 Å².